The third kappa shape index (κ3) is 4.91. The van der Waals surface area contributed by atoms with E-state index in [-0.39, 0.29) is 0 Å². The van der Waals surface area contributed by atoms with Gasteiger partial charge >= 0.3 is 0 Å². The Morgan fingerprint density at radius 1 is 0.920 bits per heavy atom. The smallest absolute Gasteiger partial charge is 0.119 e. The van der Waals surface area contributed by atoms with Gasteiger partial charge in [0.05, 0.1) is 0 Å². The summed E-state index contributed by atoms with van der Waals surface area (Å²) in [5.41, 5.74) is 4.50. The minimum atomic E-state index is 0.414. The van der Waals surface area contributed by atoms with E-state index in [0.717, 1.165) is 23.5 Å². The summed E-state index contributed by atoms with van der Waals surface area (Å²) in [7, 11) is 0. The quantitative estimate of drug-likeness (QED) is 0.534. The SMILES string of the molecule is Cc1ccccc1NCc1ccc(OCc2ccc(Cl)cc2Cl)cc1. The highest BCUT2D eigenvalue weighted by atomic mass is 35.5. The molecule has 0 amide bonds. The van der Waals surface area contributed by atoms with Crippen molar-refractivity contribution in [2.24, 2.45) is 0 Å². The van der Waals surface area contributed by atoms with Crippen molar-refractivity contribution >= 4 is 28.9 Å². The summed E-state index contributed by atoms with van der Waals surface area (Å²) in [6, 6.07) is 21.7. The zero-order valence-corrected chi connectivity index (χ0v) is 15.4. The molecule has 25 heavy (non-hydrogen) atoms. The van der Waals surface area contributed by atoms with Gasteiger partial charge in [-0.3, -0.25) is 0 Å². The van der Waals surface area contributed by atoms with E-state index in [0.29, 0.717) is 16.7 Å². The molecule has 0 radical (unpaired) electrons. The van der Waals surface area contributed by atoms with E-state index in [2.05, 4.69) is 36.5 Å². The van der Waals surface area contributed by atoms with E-state index in [4.69, 9.17) is 27.9 Å². The lowest BCUT2D eigenvalue weighted by atomic mass is 10.1. The largest absolute Gasteiger partial charge is 0.489 e. The first-order valence-electron chi connectivity index (χ1n) is 8.07. The molecule has 0 heterocycles. The molecule has 3 rings (SSSR count). The zero-order valence-electron chi connectivity index (χ0n) is 13.9. The van der Waals surface area contributed by atoms with Crippen LogP contribution < -0.4 is 10.1 Å². The lowest BCUT2D eigenvalue weighted by molar-refractivity contribution is 0.306. The summed E-state index contributed by atoms with van der Waals surface area (Å²) in [6.45, 7) is 3.28. The minimum absolute atomic E-state index is 0.414. The fourth-order valence-electron chi connectivity index (χ4n) is 2.47. The number of ether oxygens (including phenoxy) is 1. The lowest BCUT2D eigenvalue weighted by Crippen LogP contribution is -2.01. The Hall–Kier alpha value is -2.16. The number of rotatable bonds is 6. The molecule has 4 heteroatoms. The normalized spacial score (nSPS) is 10.5. The third-order valence-electron chi connectivity index (χ3n) is 3.96. The number of aryl methyl sites for hydroxylation is 1. The standard InChI is InChI=1S/C21H19Cl2NO/c1-15-4-2-3-5-21(15)24-13-16-6-10-19(11-7-16)25-14-17-8-9-18(22)12-20(17)23/h2-12,24H,13-14H2,1H3. The van der Waals surface area contributed by atoms with E-state index < -0.39 is 0 Å². The van der Waals surface area contributed by atoms with Gasteiger partial charge in [-0.2, -0.15) is 0 Å². The van der Waals surface area contributed by atoms with Gasteiger partial charge in [-0.05, 0) is 48.4 Å². The predicted molar refractivity (Wildman–Crippen MR) is 106 cm³/mol. The molecule has 1 N–H and O–H groups in total. The average molecular weight is 372 g/mol. The van der Waals surface area contributed by atoms with Crippen LogP contribution in [0.1, 0.15) is 16.7 Å². The highest BCUT2D eigenvalue weighted by Gasteiger charge is 2.03. The van der Waals surface area contributed by atoms with Gasteiger partial charge in [0.25, 0.3) is 0 Å². The molecule has 128 valence electrons. The molecule has 0 aliphatic carbocycles. The van der Waals surface area contributed by atoms with Crippen LogP contribution >= 0.6 is 23.2 Å². The number of benzene rings is 3. The Labute approximate surface area is 158 Å². The monoisotopic (exact) mass is 371 g/mol. The first-order chi connectivity index (χ1) is 12.1. The number of para-hydroxylation sites is 1. The van der Waals surface area contributed by atoms with Gasteiger partial charge in [-0.15, -0.1) is 0 Å². The van der Waals surface area contributed by atoms with Crippen LogP contribution in [0, 0.1) is 6.92 Å². The maximum absolute atomic E-state index is 6.16. The van der Waals surface area contributed by atoms with Crippen LogP contribution in [0.15, 0.2) is 66.7 Å². The summed E-state index contributed by atoms with van der Waals surface area (Å²) in [5, 5.41) is 4.69. The fourth-order valence-corrected chi connectivity index (χ4v) is 2.93. The van der Waals surface area contributed by atoms with Gasteiger partial charge in [0.2, 0.25) is 0 Å². The van der Waals surface area contributed by atoms with Gasteiger partial charge < -0.3 is 10.1 Å². The summed E-state index contributed by atoms with van der Waals surface area (Å²) >= 11 is 12.1. The number of hydrogen-bond acceptors (Lipinski definition) is 2. The maximum Gasteiger partial charge on any atom is 0.119 e. The lowest BCUT2D eigenvalue weighted by Gasteiger charge is -2.11. The van der Waals surface area contributed by atoms with Gasteiger partial charge in [0.1, 0.15) is 12.4 Å². The van der Waals surface area contributed by atoms with Crippen molar-refractivity contribution in [3.8, 4) is 5.75 Å². The molecule has 0 unspecified atom stereocenters. The molecule has 0 saturated carbocycles. The molecule has 0 atom stereocenters. The molecular formula is C21H19Cl2NO. The van der Waals surface area contributed by atoms with Crippen LogP contribution in [0.5, 0.6) is 5.75 Å². The third-order valence-corrected chi connectivity index (χ3v) is 4.55. The fraction of sp³-hybridized carbons (Fsp3) is 0.143. The second kappa shape index (κ2) is 8.28. The molecular weight excluding hydrogens is 353 g/mol. The molecule has 0 bridgehead atoms. The zero-order chi connectivity index (χ0) is 17.6. The second-order valence-electron chi connectivity index (χ2n) is 5.84. The number of anilines is 1. The molecule has 0 spiro atoms. The first-order valence-corrected chi connectivity index (χ1v) is 8.82. The van der Waals surface area contributed by atoms with Crippen LogP contribution in [0.2, 0.25) is 10.0 Å². The molecule has 0 aliphatic rings. The maximum atomic E-state index is 6.16. The summed E-state index contributed by atoms with van der Waals surface area (Å²) in [4.78, 5) is 0. The van der Waals surface area contributed by atoms with E-state index in [9.17, 15) is 0 Å². The molecule has 0 fully saturated rings. The molecule has 2 nitrogen and oxygen atoms in total. The highest BCUT2D eigenvalue weighted by molar-refractivity contribution is 6.35. The number of nitrogens with one attached hydrogen (secondary N) is 1. The topological polar surface area (TPSA) is 21.3 Å². The van der Waals surface area contributed by atoms with E-state index in [1.54, 1.807) is 6.07 Å². The average Bonchev–Trinajstić information content (AvgIpc) is 2.61. The molecule has 0 saturated heterocycles. The van der Waals surface area contributed by atoms with E-state index in [1.807, 2.05) is 36.4 Å². The van der Waals surface area contributed by atoms with Gasteiger partial charge in [0.15, 0.2) is 0 Å². The summed E-state index contributed by atoms with van der Waals surface area (Å²) in [5.74, 6) is 0.811. The first kappa shape index (κ1) is 17.7. The Morgan fingerprint density at radius 3 is 2.40 bits per heavy atom. The minimum Gasteiger partial charge on any atom is -0.489 e. The van der Waals surface area contributed by atoms with Crippen LogP contribution in [0.3, 0.4) is 0 Å². The van der Waals surface area contributed by atoms with Crippen molar-refractivity contribution in [3.05, 3.63) is 93.5 Å². The van der Waals surface area contributed by atoms with Gasteiger partial charge in [-0.25, -0.2) is 0 Å². The van der Waals surface area contributed by atoms with Crippen molar-refractivity contribution < 1.29 is 4.74 Å². The Morgan fingerprint density at radius 2 is 1.68 bits per heavy atom. The van der Waals surface area contributed by atoms with Gasteiger partial charge in [0, 0.05) is 27.8 Å². The van der Waals surface area contributed by atoms with Crippen LogP contribution in [-0.2, 0) is 13.2 Å². The van der Waals surface area contributed by atoms with Crippen molar-refractivity contribution in [2.75, 3.05) is 5.32 Å². The van der Waals surface area contributed by atoms with Crippen LogP contribution in [0.25, 0.3) is 0 Å². The van der Waals surface area contributed by atoms with Crippen molar-refractivity contribution in [1.29, 1.82) is 0 Å². The van der Waals surface area contributed by atoms with Gasteiger partial charge in [-0.1, -0.05) is 59.6 Å². The Kier molecular flexibility index (Phi) is 5.85. The van der Waals surface area contributed by atoms with Crippen LogP contribution in [-0.4, -0.2) is 0 Å². The van der Waals surface area contributed by atoms with E-state index in [1.165, 1.54) is 11.1 Å². The molecule has 0 aliphatic heterocycles. The molecule has 0 aromatic heterocycles. The Balaban J connectivity index is 1.56. The van der Waals surface area contributed by atoms with Crippen molar-refractivity contribution in [1.82, 2.24) is 0 Å². The number of halogens is 2. The second-order valence-corrected chi connectivity index (χ2v) is 6.68. The van der Waals surface area contributed by atoms with Crippen LogP contribution in [0.4, 0.5) is 5.69 Å². The van der Waals surface area contributed by atoms with E-state index >= 15 is 0 Å². The molecule has 3 aromatic rings. The number of hydrogen-bond donors (Lipinski definition) is 1. The predicted octanol–water partition coefficient (Wildman–Crippen LogP) is 6.49. The molecule has 3 aromatic carbocycles. The summed E-state index contributed by atoms with van der Waals surface area (Å²) < 4.78 is 5.80. The van der Waals surface area contributed by atoms with Crippen molar-refractivity contribution in [3.63, 3.8) is 0 Å². The Bertz CT molecular complexity index is 847. The summed E-state index contributed by atoms with van der Waals surface area (Å²) in [6.07, 6.45) is 0. The van der Waals surface area contributed by atoms with Crippen molar-refractivity contribution in [2.45, 2.75) is 20.1 Å². The highest BCUT2D eigenvalue weighted by Crippen LogP contribution is 2.23.